The zero-order valence-electron chi connectivity index (χ0n) is 9.26. The van der Waals surface area contributed by atoms with E-state index in [2.05, 4.69) is 15.3 Å². The molecule has 2 aromatic rings. The number of aromatic hydroxyl groups is 1. The molecule has 1 aromatic heterocycles. The monoisotopic (exact) mass is 233 g/mol. The lowest BCUT2D eigenvalue weighted by Crippen LogP contribution is -2.08. The number of rotatable bonds is 3. The van der Waals surface area contributed by atoms with Crippen LogP contribution in [0.25, 0.3) is 0 Å². The lowest BCUT2D eigenvalue weighted by molar-refractivity contribution is 0.467. The van der Waals surface area contributed by atoms with E-state index in [0.717, 1.165) is 6.07 Å². The first-order valence-electron chi connectivity index (χ1n) is 5.17. The third-order valence-electron chi connectivity index (χ3n) is 2.39. The topological polar surface area (TPSA) is 58.0 Å². The number of nitrogens with zero attached hydrogens (tertiary/aromatic N) is 2. The Kier molecular flexibility index (Phi) is 3.18. The van der Waals surface area contributed by atoms with Crippen molar-refractivity contribution in [3.63, 3.8) is 0 Å². The highest BCUT2D eigenvalue weighted by Gasteiger charge is 2.11. The zero-order chi connectivity index (χ0) is 12.3. The van der Waals surface area contributed by atoms with Crippen molar-refractivity contribution >= 4 is 5.69 Å². The molecule has 0 aliphatic heterocycles. The van der Waals surface area contributed by atoms with Gasteiger partial charge in [0.1, 0.15) is 17.9 Å². The molecule has 0 aliphatic carbocycles. The van der Waals surface area contributed by atoms with Crippen molar-refractivity contribution in [1.29, 1.82) is 0 Å². The fourth-order valence-corrected chi connectivity index (χ4v) is 1.57. The highest BCUT2D eigenvalue weighted by molar-refractivity contribution is 5.41. The van der Waals surface area contributed by atoms with Gasteiger partial charge in [-0.3, -0.25) is 0 Å². The van der Waals surface area contributed by atoms with Gasteiger partial charge in [-0.1, -0.05) is 6.07 Å². The van der Waals surface area contributed by atoms with Crippen LogP contribution in [-0.4, -0.2) is 15.1 Å². The summed E-state index contributed by atoms with van der Waals surface area (Å²) in [4.78, 5) is 7.72. The minimum absolute atomic E-state index is 0.0819. The summed E-state index contributed by atoms with van der Waals surface area (Å²) in [6.07, 6.45) is 4.65. The van der Waals surface area contributed by atoms with Gasteiger partial charge in [-0.05, 0) is 13.0 Å². The predicted molar refractivity (Wildman–Crippen MR) is 62.1 cm³/mol. The third-order valence-corrected chi connectivity index (χ3v) is 2.39. The second-order valence-electron chi connectivity index (χ2n) is 3.70. The second-order valence-corrected chi connectivity index (χ2v) is 3.70. The Morgan fingerprint density at radius 2 is 2.00 bits per heavy atom. The number of halogens is 1. The van der Waals surface area contributed by atoms with Crippen molar-refractivity contribution in [2.24, 2.45) is 0 Å². The SMILES string of the molecule is CC(Nc1cncnc1)c1ccc(O)cc1F. The first-order valence-corrected chi connectivity index (χ1v) is 5.17. The molecule has 1 heterocycles. The maximum Gasteiger partial charge on any atom is 0.132 e. The van der Waals surface area contributed by atoms with E-state index in [4.69, 9.17) is 5.11 Å². The van der Waals surface area contributed by atoms with Gasteiger partial charge >= 0.3 is 0 Å². The molecule has 1 unspecified atom stereocenters. The zero-order valence-corrected chi connectivity index (χ0v) is 9.26. The Morgan fingerprint density at radius 3 is 2.65 bits per heavy atom. The number of hydrogen-bond donors (Lipinski definition) is 2. The molecule has 2 rings (SSSR count). The molecule has 0 aliphatic rings. The van der Waals surface area contributed by atoms with Crippen LogP contribution in [0.2, 0.25) is 0 Å². The van der Waals surface area contributed by atoms with E-state index >= 15 is 0 Å². The summed E-state index contributed by atoms with van der Waals surface area (Å²) < 4.78 is 13.6. The number of nitrogens with one attached hydrogen (secondary N) is 1. The van der Waals surface area contributed by atoms with E-state index in [9.17, 15) is 4.39 Å². The maximum absolute atomic E-state index is 13.6. The molecule has 17 heavy (non-hydrogen) atoms. The van der Waals surface area contributed by atoms with Gasteiger partial charge < -0.3 is 10.4 Å². The summed E-state index contributed by atoms with van der Waals surface area (Å²) in [6.45, 7) is 1.82. The Labute approximate surface area is 98.2 Å². The molecule has 0 saturated carbocycles. The third kappa shape index (κ3) is 2.69. The summed E-state index contributed by atoms with van der Waals surface area (Å²) in [5.41, 5.74) is 1.19. The Balaban J connectivity index is 2.17. The van der Waals surface area contributed by atoms with E-state index < -0.39 is 5.82 Å². The van der Waals surface area contributed by atoms with E-state index in [-0.39, 0.29) is 11.8 Å². The van der Waals surface area contributed by atoms with Crippen LogP contribution in [0.4, 0.5) is 10.1 Å². The molecule has 0 saturated heterocycles. The van der Waals surface area contributed by atoms with Crippen LogP contribution < -0.4 is 5.32 Å². The van der Waals surface area contributed by atoms with Gasteiger partial charge in [-0.25, -0.2) is 14.4 Å². The molecule has 0 bridgehead atoms. The molecule has 0 fully saturated rings. The van der Waals surface area contributed by atoms with Crippen LogP contribution in [-0.2, 0) is 0 Å². The van der Waals surface area contributed by atoms with Gasteiger partial charge in [0.15, 0.2) is 0 Å². The average molecular weight is 233 g/mol. The highest BCUT2D eigenvalue weighted by Crippen LogP contribution is 2.23. The minimum atomic E-state index is -0.443. The predicted octanol–water partition coefficient (Wildman–Crippen LogP) is 2.49. The van der Waals surface area contributed by atoms with Crippen LogP contribution in [0.3, 0.4) is 0 Å². The van der Waals surface area contributed by atoms with Crippen molar-refractivity contribution in [2.45, 2.75) is 13.0 Å². The van der Waals surface area contributed by atoms with Crippen molar-refractivity contribution in [1.82, 2.24) is 9.97 Å². The summed E-state index contributed by atoms with van der Waals surface area (Å²) in [5, 5.41) is 12.2. The van der Waals surface area contributed by atoms with Crippen LogP contribution in [0.15, 0.2) is 36.9 Å². The number of hydrogen-bond acceptors (Lipinski definition) is 4. The first kappa shape index (κ1) is 11.3. The molecule has 4 nitrogen and oxygen atoms in total. The number of aromatic nitrogens is 2. The van der Waals surface area contributed by atoms with Gasteiger partial charge in [-0.2, -0.15) is 0 Å². The Morgan fingerprint density at radius 1 is 1.29 bits per heavy atom. The van der Waals surface area contributed by atoms with Crippen molar-refractivity contribution < 1.29 is 9.50 Å². The molecule has 5 heteroatoms. The standard InChI is InChI=1S/C12H12FN3O/c1-8(16-9-5-14-7-15-6-9)11-3-2-10(17)4-12(11)13/h2-8,16-17H,1H3. The normalized spacial score (nSPS) is 12.1. The molecule has 0 spiro atoms. The molecular formula is C12H12FN3O. The van der Waals surface area contributed by atoms with Gasteiger partial charge in [0.25, 0.3) is 0 Å². The highest BCUT2D eigenvalue weighted by atomic mass is 19.1. The van der Waals surface area contributed by atoms with Crippen molar-refractivity contribution in [2.75, 3.05) is 5.32 Å². The summed E-state index contributed by atoms with van der Waals surface area (Å²) >= 11 is 0. The van der Waals surface area contributed by atoms with E-state index in [0.29, 0.717) is 11.3 Å². The smallest absolute Gasteiger partial charge is 0.132 e. The van der Waals surface area contributed by atoms with Crippen molar-refractivity contribution in [3.05, 3.63) is 48.3 Å². The molecule has 2 N–H and O–H groups in total. The second kappa shape index (κ2) is 4.78. The number of benzene rings is 1. The molecule has 88 valence electrons. The van der Waals surface area contributed by atoms with E-state index in [1.807, 2.05) is 6.92 Å². The summed E-state index contributed by atoms with van der Waals surface area (Å²) in [6, 6.07) is 3.86. The van der Waals surface area contributed by atoms with Crippen molar-refractivity contribution in [3.8, 4) is 5.75 Å². The fourth-order valence-electron chi connectivity index (χ4n) is 1.57. The molecule has 0 amide bonds. The van der Waals surface area contributed by atoms with Crippen LogP contribution >= 0.6 is 0 Å². The molecule has 0 radical (unpaired) electrons. The molecular weight excluding hydrogens is 221 g/mol. The lowest BCUT2D eigenvalue weighted by atomic mass is 10.1. The first-order chi connectivity index (χ1) is 8.16. The largest absolute Gasteiger partial charge is 0.508 e. The summed E-state index contributed by atoms with van der Waals surface area (Å²) in [7, 11) is 0. The molecule has 1 aromatic carbocycles. The van der Waals surface area contributed by atoms with E-state index in [1.165, 1.54) is 12.4 Å². The Hall–Kier alpha value is -2.17. The average Bonchev–Trinajstić information content (AvgIpc) is 2.30. The number of phenols is 1. The fraction of sp³-hybridized carbons (Fsp3) is 0.167. The van der Waals surface area contributed by atoms with Gasteiger partial charge in [0.05, 0.1) is 24.1 Å². The van der Waals surface area contributed by atoms with Gasteiger partial charge in [0.2, 0.25) is 0 Å². The van der Waals surface area contributed by atoms with E-state index in [1.54, 1.807) is 18.5 Å². The quantitative estimate of drug-likeness (QED) is 0.855. The number of phenolic OH excluding ortho intramolecular Hbond substituents is 1. The van der Waals surface area contributed by atoms with Crippen LogP contribution in [0, 0.1) is 5.82 Å². The van der Waals surface area contributed by atoms with Crippen LogP contribution in [0.1, 0.15) is 18.5 Å². The molecule has 1 atom stereocenters. The maximum atomic E-state index is 13.6. The minimum Gasteiger partial charge on any atom is -0.508 e. The number of anilines is 1. The van der Waals surface area contributed by atoms with Crippen LogP contribution in [0.5, 0.6) is 5.75 Å². The lowest BCUT2D eigenvalue weighted by Gasteiger charge is -2.15. The Bertz CT molecular complexity index is 504. The summed E-state index contributed by atoms with van der Waals surface area (Å²) in [5.74, 6) is -0.525. The van der Waals surface area contributed by atoms with Gasteiger partial charge in [-0.15, -0.1) is 0 Å². The van der Waals surface area contributed by atoms with Gasteiger partial charge in [0, 0.05) is 11.6 Å².